The molecule has 0 bridgehead atoms. The molecule has 1 aromatic heterocycles. The second-order valence-electron chi connectivity index (χ2n) is 7.06. The van der Waals surface area contributed by atoms with E-state index in [-0.39, 0.29) is 11.9 Å². The summed E-state index contributed by atoms with van der Waals surface area (Å²) in [6, 6.07) is 3.13. The minimum absolute atomic E-state index is 0.0471. The molecule has 3 unspecified atom stereocenters. The molecule has 1 saturated heterocycles. The van der Waals surface area contributed by atoms with Crippen LogP contribution in [0.4, 0.5) is 0 Å². The minimum Gasteiger partial charge on any atom is -0.480 e. The lowest BCUT2D eigenvalue weighted by Crippen LogP contribution is -2.46. The van der Waals surface area contributed by atoms with Crippen LogP contribution in [0.1, 0.15) is 48.0 Å². The smallest absolute Gasteiger partial charge is 0.326 e. The SMILES string of the molecule is Cc1cc(C(=O)N2C(C(=O)O)CC3CCCCC32)c2[nH]ncc2c1. The molecule has 1 saturated carbocycles. The molecule has 2 aromatic rings. The van der Waals surface area contributed by atoms with Crippen LogP contribution in [0.25, 0.3) is 10.9 Å². The summed E-state index contributed by atoms with van der Waals surface area (Å²) < 4.78 is 0. The average molecular weight is 327 g/mol. The number of carbonyl (C=O) groups excluding carboxylic acids is 1. The zero-order valence-corrected chi connectivity index (χ0v) is 13.7. The third kappa shape index (κ3) is 2.28. The van der Waals surface area contributed by atoms with Gasteiger partial charge in [0.15, 0.2) is 0 Å². The maximum Gasteiger partial charge on any atom is 0.326 e. The molecule has 6 heteroatoms. The molecular formula is C18H21N3O3. The van der Waals surface area contributed by atoms with Gasteiger partial charge in [0.25, 0.3) is 5.91 Å². The highest BCUT2D eigenvalue weighted by Crippen LogP contribution is 2.41. The standard InChI is InChI=1S/C18H21N3O3/c1-10-6-12-9-19-20-16(12)13(7-10)17(22)21-14-5-3-2-4-11(14)8-15(21)18(23)24/h6-7,9,11,14-15H,2-5,8H2,1H3,(H,19,20)(H,23,24). The summed E-state index contributed by atoms with van der Waals surface area (Å²) in [5.41, 5.74) is 2.19. The molecule has 1 aliphatic heterocycles. The van der Waals surface area contributed by atoms with Gasteiger partial charge in [0, 0.05) is 11.4 Å². The number of aromatic amines is 1. The number of hydrogen-bond acceptors (Lipinski definition) is 3. The summed E-state index contributed by atoms with van der Waals surface area (Å²) >= 11 is 0. The fourth-order valence-corrected chi connectivity index (χ4v) is 4.49. The first-order valence-corrected chi connectivity index (χ1v) is 8.55. The van der Waals surface area contributed by atoms with E-state index in [1.54, 1.807) is 11.1 Å². The van der Waals surface area contributed by atoms with Gasteiger partial charge in [-0.2, -0.15) is 5.10 Å². The van der Waals surface area contributed by atoms with Crippen LogP contribution in [-0.4, -0.2) is 44.2 Å². The Morgan fingerprint density at radius 3 is 2.88 bits per heavy atom. The number of likely N-dealkylation sites (tertiary alicyclic amines) is 1. The van der Waals surface area contributed by atoms with Gasteiger partial charge in [0.2, 0.25) is 0 Å². The maximum atomic E-state index is 13.3. The summed E-state index contributed by atoms with van der Waals surface area (Å²) in [4.78, 5) is 26.7. The van der Waals surface area contributed by atoms with E-state index in [0.29, 0.717) is 23.4 Å². The number of carboxylic acid groups (broad SMARTS) is 1. The highest BCUT2D eigenvalue weighted by Gasteiger charge is 2.47. The van der Waals surface area contributed by atoms with Crippen LogP contribution in [0.2, 0.25) is 0 Å². The van der Waals surface area contributed by atoms with Crippen molar-refractivity contribution >= 4 is 22.8 Å². The van der Waals surface area contributed by atoms with Gasteiger partial charge in [0.1, 0.15) is 6.04 Å². The monoisotopic (exact) mass is 327 g/mol. The predicted octanol–water partition coefficient (Wildman–Crippen LogP) is 2.73. The lowest BCUT2D eigenvalue weighted by Gasteiger charge is -2.33. The zero-order chi connectivity index (χ0) is 16.8. The van der Waals surface area contributed by atoms with Crippen LogP contribution in [0.5, 0.6) is 0 Å². The van der Waals surface area contributed by atoms with Crippen LogP contribution in [-0.2, 0) is 4.79 Å². The molecule has 4 rings (SSSR count). The summed E-state index contributed by atoms with van der Waals surface area (Å²) in [6.07, 6.45) is 6.38. The number of hydrogen-bond donors (Lipinski definition) is 2. The van der Waals surface area contributed by atoms with Crippen molar-refractivity contribution in [2.75, 3.05) is 0 Å². The van der Waals surface area contributed by atoms with E-state index in [4.69, 9.17) is 0 Å². The molecule has 24 heavy (non-hydrogen) atoms. The van der Waals surface area contributed by atoms with Crippen molar-refractivity contribution in [2.24, 2.45) is 5.92 Å². The van der Waals surface area contributed by atoms with Crippen molar-refractivity contribution in [3.63, 3.8) is 0 Å². The molecular weight excluding hydrogens is 306 g/mol. The van der Waals surface area contributed by atoms with Crippen molar-refractivity contribution in [1.29, 1.82) is 0 Å². The topological polar surface area (TPSA) is 86.3 Å². The average Bonchev–Trinajstić information content (AvgIpc) is 3.17. The second kappa shape index (κ2) is 5.61. The fourth-order valence-electron chi connectivity index (χ4n) is 4.49. The third-order valence-electron chi connectivity index (χ3n) is 5.53. The largest absolute Gasteiger partial charge is 0.480 e. The highest BCUT2D eigenvalue weighted by atomic mass is 16.4. The number of nitrogens with one attached hydrogen (secondary N) is 1. The number of aromatic nitrogens is 2. The number of benzene rings is 1. The van der Waals surface area contributed by atoms with Crippen molar-refractivity contribution in [3.8, 4) is 0 Å². The first kappa shape index (κ1) is 15.2. The molecule has 3 atom stereocenters. The van der Waals surface area contributed by atoms with Gasteiger partial charge in [-0.1, -0.05) is 12.8 Å². The number of aliphatic carboxylic acids is 1. The molecule has 0 spiro atoms. The van der Waals surface area contributed by atoms with Gasteiger partial charge >= 0.3 is 5.97 Å². The number of H-pyrrole nitrogens is 1. The Morgan fingerprint density at radius 1 is 1.29 bits per heavy atom. The second-order valence-corrected chi connectivity index (χ2v) is 7.06. The minimum atomic E-state index is -0.897. The molecule has 0 radical (unpaired) electrons. The van der Waals surface area contributed by atoms with Gasteiger partial charge < -0.3 is 10.0 Å². The first-order valence-electron chi connectivity index (χ1n) is 8.55. The fraction of sp³-hybridized carbons (Fsp3) is 0.500. The number of amides is 1. The summed E-state index contributed by atoms with van der Waals surface area (Å²) in [6.45, 7) is 1.94. The Hall–Kier alpha value is -2.37. The van der Waals surface area contributed by atoms with E-state index in [0.717, 1.165) is 36.6 Å². The van der Waals surface area contributed by atoms with E-state index < -0.39 is 12.0 Å². The third-order valence-corrected chi connectivity index (χ3v) is 5.53. The Kier molecular flexibility index (Phi) is 3.55. The van der Waals surface area contributed by atoms with Crippen molar-refractivity contribution in [1.82, 2.24) is 15.1 Å². The van der Waals surface area contributed by atoms with Gasteiger partial charge in [-0.05, 0) is 49.8 Å². The van der Waals surface area contributed by atoms with Crippen molar-refractivity contribution in [3.05, 3.63) is 29.5 Å². The summed E-state index contributed by atoms with van der Waals surface area (Å²) in [7, 11) is 0. The Labute approximate surface area is 139 Å². The van der Waals surface area contributed by atoms with Gasteiger partial charge in [-0.3, -0.25) is 9.89 Å². The molecule has 1 amide bonds. The molecule has 2 heterocycles. The maximum absolute atomic E-state index is 13.3. The van der Waals surface area contributed by atoms with E-state index in [9.17, 15) is 14.7 Å². The van der Waals surface area contributed by atoms with Crippen LogP contribution in [0.15, 0.2) is 18.3 Å². The molecule has 2 N–H and O–H groups in total. The van der Waals surface area contributed by atoms with Gasteiger partial charge in [-0.15, -0.1) is 0 Å². The summed E-state index contributed by atoms with van der Waals surface area (Å²) in [5, 5.41) is 17.4. The predicted molar refractivity (Wildman–Crippen MR) is 88.8 cm³/mol. The number of carbonyl (C=O) groups is 2. The van der Waals surface area contributed by atoms with E-state index >= 15 is 0 Å². The van der Waals surface area contributed by atoms with Crippen molar-refractivity contribution < 1.29 is 14.7 Å². The molecule has 1 aromatic carbocycles. The Morgan fingerprint density at radius 2 is 2.08 bits per heavy atom. The Balaban J connectivity index is 1.78. The molecule has 1 aliphatic carbocycles. The number of rotatable bonds is 2. The number of aryl methyl sites for hydroxylation is 1. The Bertz CT molecular complexity index is 813. The van der Waals surface area contributed by atoms with E-state index in [2.05, 4.69) is 10.2 Å². The lowest BCUT2D eigenvalue weighted by atomic mass is 9.84. The van der Waals surface area contributed by atoms with Crippen LogP contribution in [0, 0.1) is 12.8 Å². The van der Waals surface area contributed by atoms with Gasteiger partial charge in [-0.25, -0.2) is 4.79 Å². The van der Waals surface area contributed by atoms with Crippen LogP contribution < -0.4 is 0 Å². The normalized spacial score (nSPS) is 26.5. The number of carboxylic acids is 1. The lowest BCUT2D eigenvalue weighted by molar-refractivity contribution is -0.141. The van der Waals surface area contributed by atoms with Crippen LogP contribution >= 0.6 is 0 Å². The van der Waals surface area contributed by atoms with E-state index in [1.165, 1.54) is 0 Å². The number of fused-ring (bicyclic) bond motifs is 2. The summed E-state index contributed by atoms with van der Waals surface area (Å²) in [5.74, 6) is -0.771. The first-order chi connectivity index (χ1) is 11.6. The molecule has 2 fully saturated rings. The van der Waals surface area contributed by atoms with Gasteiger partial charge in [0.05, 0.1) is 17.3 Å². The highest BCUT2D eigenvalue weighted by molar-refractivity contribution is 6.07. The molecule has 126 valence electrons. The van der Waals surface area contributed by atoms with E-state index in [1.807, 2.05) is 19.1 Å². The zero-order valence-electron chi connectivity index (χ0n) is 13.7. The number of nitrogens with zero attached hydrogens (tertiary/aromatic N) is 2. The van der Waals surface area contributed by atoms with Crippen molar-refractivity contribution in [2.45, 2.75) is 51.1 Å². The quantitative estimate of drug-likeness (QED) is 0.888. The molecule has 2 aliphatic rings. The van der Waals surface area contributed by atoms with Crippen LogP contribution in [0.3, 0.4) is 0 Å². The molecule has 6 nitrogen and oxygen atoms in total.